The normalized spacial score (nSPS) is 11.2. The van der Waals surface area contributed by atoms with E-state index >= 15 is 0 Å². The molecule has 3 rings (SSSR count). The number of likely N-dealkylation sites (N-methyl/N-ethyl adjacent to an activating group) is 1. The molecule has 1 aromatic heterocycles. The Morgan fingerprint density at radius 3 is 2.73 bits per heavy atom. The highest BCUT2D eigenvalue weighted by atomic mass is 35.5. The summed E-state index contributed by atoms with van der Waals surface area (Å²) in [5.74, 6) is 0.276. The van der Waals surface area contributed by atoms with E-state index in [1.165, 1.54) is 6.08 Å². The van der Waals surface area contributed by atoms with Gasteiger partial charge in [-0.3, -0.25) is 9.59 Å². The van der Waals surface area contributed by atoms with Crippen LogP contribution >= 0.6 is 11.6 Å². The first-order valence-electron chi connectivity index (χ1n) is 8.27. The summed E-state index contributed by atoms with van der Waals surface area (Å²) in [5.41, 5.74) is 1.22. The van der Waals surface area contributed by atoms with E-state index in [2.05, 4.69) is 9.97 Å². The van der Waals surface area contributed by atoms with E-state index < -0.39 is 0 Å². The van der Waals surface area contributed by atoms with Gasteiger partial charge in [-0.05, 0) is 36.8 Å². The number of nitrogens with zero attached hydrogens (tertiary/aromatic N) is 2. The van der Waals surface area contributed by atoms with Crippen LogP contribution in [0.3, 0.4) is 0 Å². The molecule has 0 atom stereocenters. The molecule has 0 spiro atoms. The largest absolute Gasteiger partial charge is 0.332 e. The van der Waals surface area contributed by atoms with Gasteiger partial charge in [0, 0.05) is 17.6 Å². The molecule has 0 aliphatic carbocycles. The molecule has 0 aliphatic rings. The van der Waals surface area contributed by atoms with Gasteiger partial charge in [0.25, 0.3) is 5.56 Å². The van der Waals surface area contributed by atoms with Crippen LogP contribution in [0.5, 0.6) is 0 Å². The van der Waals surface area contributed by atoms with Crippen molar-refractivity contribution in [2.75, 3.05) is 6.54 Å². The lowest BCUT2D eigenvalue weighted by atomic mass is 10.2. The number of aromatic amines is 1. The minimum atomic E-state index is -0.245. The average Bonchev–Trinajstić information content (AvgIpc) is 2.64. The van der Waals surface area contributed by atoms with Gasteiger partial charge in [0.15, 0.2) is 0 Å². The molecule has 0 bridgehead atoms. The van der Waals surface area contributed by atoms with Gasteiger partial charge in [-0.1, -0.05) is 41.9 Å². The minimum absolute atomic E-state index is 0.148. The van der Waals surface area contributed by atoms with Crippen molar-refractivity contribution in [3.05, 3.63) is 81.4 Å². The fraction of sp³-hybridized carbons (Fsp3) is 0.150. The van der Waals surface area contributed by atoms with Crippen molar-refractivity contribution < 1.29 is 4.79 Å². The van der Waals surface area contributed by atoms with E-state index in [4.69, 9.17) is 11.6 Å². The van der Waals surface area contributed by atoms with Crippen LogP contribution in [0.4, 0.5) is 0 Å². The van der Waals surface area contributed by atoms with Crippen LogP contribution in [0.1, 0.15) is 18.3 Å². The molecule has 3 aromatic rings. The third-order valence-electron chi connectivity index (χ3n) is 3.97. The van der Waals surface area contributed by atoms with Crippen molar-refractivity contribution in [2.24, 2.45) is 0 Å². The molecule has 1 heterocycles. The Balaban J connectivity index is 1.81. The van der Waals surface area contributed by atoms with E-state index in [9.17, 15) is 9.59 Å². The van der Waals surface area contributed by atoms with Gasteiger partial charge in [-0.15, -0.1) is 0 Å². The summed E-state index contributed by atoms with van der Waals surface area (Å²) in [7, 11) is 0. The first-order valence-corrected chi connectivity index (χ1v) is 8.65. The molecule has 0 saturated carbocycles. The number of aromatic nitrogens is 2. The fourth-order valence-corrected chi connectivity index (χ4v) is 2.77. The van der Waals surface area contributed by atoms with Crippen molar-refractivity contribution in [1.82, 2.24) is 14.9 Å². The number of fused-ring (bicyclic) bond motifs is 1. The monoisotopic (exact) mass is 367 g/mol. The summed E-state index contributed by atoms with van der Waals surface area (Å²) < 4.78 is 0. The Kier molecular flexibility index (Phi) is 5.49. The summed E-state index contributed by atoms with van der Waals surface area (Å²) in [6.45, 7) is 2.59. The zero-order chi connectivity index (χ0) is 18.5. The second kappa shape index (κ2) is 7.97. The number of amides is 1. The molecule has 5 nitrogen and oxygen atoms in total. The van der Waals surface area contributed by atoms with Crippen LogP contribution < -0.4 is 5.56 Å². The first-order chi connectivity index (χ1) is 12.6. The topological polar surface area (TPSA) is 66.1 Å². The first kappa shape index (κ1) is 17.9. The van der Waals surface area contributed by atoms with Crippen LogP contribution in [0.25, 0.3) is 17.0 Å². The van der Waals surface area contributed by atoms with Gasteiger partial charge in [-0.2, -0.15) is 0 Å². The lowest BCUT2D eigenvalue weighted by Crippen LogP contribution is -2.30. The minimum Gasteiger partial charge on any atom is -0.332 e. The number of hydrogen-bond acceptors (Lipinski definition) is 3. The predicted molar refractivity (Wildman–Crippen MR) is 104 cm³/mol. The number of benzene rings is 2. The highest BCUT2D eigenvalue weighted by Gasteiger charge is 2.12. The van der Waals surface area contributed by atoms with Crippen molar-refractivity contribution in [1.29, 1.82) is 0 Å². The molecule has 2 aromatic carbocycles. The van der Waals surface area contributed by atoms with Gasteiger partial charge in [0.2, 0.25) is 5.91 Å². The quantitative estimate of drug-likeness (QED) is 0.700. The zero-order valence-corrected chi connectivity index (χ0v) is 15.0. The van der Waals surface area contributed by atoms with Crippen LogP contribution in [0, 0.1) is 0 Å². The van der Waals surface area contributed by atoms with Crippen molar-refractivity contribution in [2.45, 2.75) is 13.5 Å². The summed E-state index contributed by atoms with van der Waals surface area (Å²) >= 11 is 5.98. The number of carbonyl (C=O) groups excluding carboxylic acids is 1. The molecule has 0 radical (unpaired) electrons. The molecule has 132 valence electrons. The number of halogens is 1. The molecular weight excluding hydrogens is 350 g/mol. The van der Waals surface area contributed by atoms with Gasteiger partial charge < -0.3 is 9.88 Å². The number of hydrogen-bond donors (Lipinski definition) is 1. The molecule has 26 heavy (non-hydrogen) atoms. The summed E-state index contributed by atoms with van der Waals surface area (Å²) in [5, 5.41) is 0.979. The third-order valence-corrected chi connectivity index (χ3v) is 4.20. The third kappa shape index (κ3) is 4.18. The molecule has 0 saturated heterocycles. The van der Waals surface area contributed by atoms with Crippen molar-refractivity contribution >= 4 is 34.5 Å². The van der Waals surface area contributed by atoms with Crippen molar-refractivity contribution in [3.63, 3.8) is 0 Å². The zero-order valence-electron chi connectivity index (χ0n) is 14.3. The maximum absolute atomic E-state index is 12.5. The Bertz CT molecular complexity index is 1010. The molecule has 0 fully saturated rings. The summed E-state index contributed by atoms with van der Waals surface area (Å²) in [6, 6.07) is 14.5. The Morgan fingerprint density at radius 2 is 2.00 bits per heavy atom. The van der Waals surface area contributed by atoms with E-state index in [0.717, 1.165) is 5.56 Å². The van der Waals surface area contributed by atoms with Crippen LogP contribution in [-0.4, -0.2) is 27.3 Å². The van der Waals surface area contributed by atoms with Gasteiger partial charge in [-0.25, -0.2) is 4.98 Å². The predicted octanol–water partition coefficient (Wildman–Crippen LogP) is 3.64. The van der Waals surface area contributed by atoms with Gasteiger partial charge in [0.05, 0.1) is 17.4 Å². The van der Waals surface area contributed by atoms with Crippen molar-refractivity contribution in [3.8, 4) is 0 Å². The molecule has 1 N–H and O–H groups in total. The number of rotatable bonds is 5. The summed E-state index contributed by atoms with van der Waals surface area (Å²) in [4.78, 5) is 33.4. The van der Waals surface area contributed by atoms with Crippen LogP contribution in [-0.2, 0) is 11.3 Å². The Hall–Kier alpha value is -2.92. The number of nitrogens with one attached hydrogen (secondary N) is 1. The second-order valence-corrected chi connectivity index (χ2v) is 6.21. The molecule has 1 amide bonds. The lowest BCUT2D eigenvalue weighted by molar-refractivity contribution is -0.126. The van der Waals surface area contributed by atoms with Crippen LogP contribution in [0.15, 0.2) is 59.4 Å². The fourth-order valence-electron chi connectivity index (χ4n) is 2.60. The molecular formula is C20H18ClN3O2. The maximum Gasteiger partial charge on any atom is 0.258 e. The smallest absolute Gasteiger partial charge is 0.258 e. The number of carbonyl (C=O) groups is 1. The SMILES string of the molecule is CCN(Cc1nc2cc(Cl)ccc2c(=O)[nH]1)C(=O)/C=C/c1ccccc1. The Labute approximate surface area is 155 Å². The second-order valence-electron chi connectivity index (χ2n) is 5.77. The molecule has 0 aliphatic heterocycles. The maximum atomic E-state index is 12.5. The Morgan fingerprint density at radius 1 is 1.23 bits per heavy atom. The highest BCUT2D eigenvalue weighted by Crippen LogP contribution is 2.15. The van der Waals surface area contributed by atoms with E-state index in [1.807, 2.05) is 37.3 Å². The molecule has 0 unspecified atom stereocenters. The van der Waals surface area contributed by atoms with Gasteiger partial charge in [0.1, 0.15) is 5.82 Å². The lowest BCUT2D eigenvalue weighted by Gasteiger charge is -2.18. The van der Waals surface area contributed by atoms with Gasteiger partial charge >= 0.3 is 0 Å². The highest BCUT2D eigenvalue weighted by molar-refractivity contribution is 6.31. The van der Waals surface area contributed by atoms with Crippen LogP contribution in [0.2, 0.25) is 5.02 Å². The van der Waals surface area contributed by atoms with E-state index in [-0.39, 0.29) is 18.0 Å². The average molecular weight is 368 g/mol. The number of H-pyrrole nitrogens is 1. The van der Waals surface area contributed by atoms with E-state index in [1.54, 1.807) is 29.2 Å². The van der Waals surface area contributed by atoms with E-state index in [0.29, 0.717) is 28.3 Å². The standard InChI is InChI=1S/C20H18ClN3O2/c1-2-24(19(25)11-8-14-6-4-3-5-7-14)13-18-22-17-12-15(21)9-10-16(17)20(26)23-18/h3-12H,2,13H2,1H3,(H,22,23,26)/b11-8+. The molecule has 6 heteroatoms. The summed E-state index contributed by atoms with van der Waals surface area (Å²) in [6.07, 6.45) is 3.29.